The van der Waals surface area contributed by atoms with Gasteiger partial charge in [-0.2, -0.15) is 0 Å². The van der Waals surface area contributed by atoms with Crippen LogP contribution in [-0.2, 0) is 20.9 Å². The Kier molecular flexibility index (Phi) is 4.80. The van der Waals surface area contributed by atoms with Gasteiger partial charge >= 0.3 is 5.97 Å². The number of carbonyl (C=O) groups excluding carboxylic acids is 2. The lowest BCUT2D eigenvalue weighted by Gasteiger charge is -2.36. The van der Waals surface area contributed by atoms with Crippen molar-refractivity contribution in [2.75, 3.05) is 5.32 Å². The van der Waals surface area contributed by atoms with Crippen LogP contribution in [0.2, 0.25) is 0 Å². The number of nitrogens with one attached hydrogen (secondary N) is 2. The number of benzene rings is 1. The molecular formula is C16H20N2O4. The van der Waals surface area contributed by atoms with Crippen molar-refractivity contribution in [2.45, 2.75) is 39.2 Å². The van der Waals surface area contributed by atoms with Crippen LogP contribution in [0.3, 0.4) is 0 Å². The molecule has 1 aromatic rings. The summed E-state index contributed by atoms with van der Waals surface area (Å²) >= 11 is 0. The maximum absolute atomic E-state index is 12.0. The van der Waals surface area contributed by atoms with E-state index in [1.165, 1.54) is 6.92 Å². The first-order valence-corrected chi connectivity index (χ1v) is 7.28. The predicted molar refractivity (Wildman–Crippen MR) is 81.1 cm³/mol. The summed E-state index contributed by atoms with van der Waals surface area (Å²) < 4.78 is 0. The number of hydrogen-bond donors (Lipinski definition) is 3. The highest BCUT2D eigenvalue weighted by atomic mass is 16.4. The lowest BCUT2D eigenvalue weighted by molar-refractivity contribution is -0.157. The van der Waals surface area contributed by atoms with E-state index in [0.717, 1.165) is 12.0 Å². The molecular weight excluding hydrogens is 284 g/mol. The molecule has 1 aromatic carbocycles. The zero-order valence-electron chi connectivity index (χ0n) is 12.5. The fourth-order valence-electron chi connectivity index (χ4n) is 2.51. The SMILES string of the molecule is CC(=O)NCc1ccc(NC(=O)CC2(C(=O)O)CCC2)cc1. The first-order chi connectivity index (χ1) is 10.4. The number of rotatable bonds is 6. The molecule has 0 bridgehead atoms. The van der Waals surface area contributed by atoms with E-state index in [1.54, 1.807) is 12.1 Å². The number of carboxylic acid groups (broad SMARTS) is 1. The first kappa shape index (κ1) is 16.0. The molecule has 1 saturated carbocycles. The van der Waals surface area contributed by atoms with Gasteiger partial charge in [-0.25, -0.2) is 0 Å². The molecule has 0 unspecified atom stereocenters. The van der Waals surface area contributed by atoms with E-state index in [2.05, 4.69) is 10.6 Å². The molecule has 2 amide bonds. The Morgan fingerprint density at radius 2 is 1.82 bits per heavy atom. The summed E-state index contributed by atoms with van der Waals surface area (Å²) in [5, 5.41) is 14.6. The minimum Gasteiger partial charge on any atom is -0.481 e. The van der Waals surface area contributed by atoms with Gasteiger partial charge in [0.2, 0.25) is 11.8 Å². The summed E-state index contributed by atoms with van der Waals surface area (Å²) in [4.78, 5) is 34.1. The molecule has 6 nitrogen and oxygen atoms in total. The standard InChI is InChI=1S/C16H20N2O4/c1-11(19)17-10-12-3-5-13(6-4-12)18-14(20)9-16(15(21)22)7-2-8-16/h3-6H,2,7-10H2,1H3,(H,17,19)(H,18,20)(H,21,22). The lowest BCUT2D eigenvalue weighted by atomic mass is 9.66. The van der Waals surface area contributed by atoms with Crippen molar-refractivity contribution in [1.82, 2.24) is 5.32 Å². The van der Waals surface area contributed by atoms with E-state index >= 15 is 0 Å². The van der Waals surface area contributed by atoms with Crippen molar-refractivity contribution in [3.63, 3.8) is 0 Å². The van der Waals surface area contributed by atoms with Gasteiger partial charge in [0.25, 0.3) is 0 Å². The Hall–Kier alpha value is -2.37. The van der Waals surface area contributed by atoms with Gasteiger partial charge in [-0.15, -0.1) is 0 Å². The Bertz CT molecular complexity index is 576. The molecule has 1 aliphatic carbocycles. The minimum atomic E-state index is -0.889. The van der Waals surface area contributed by atoms with Crippen LogP contribution >= 0.6 is 0 Å². The predicted octanol–water partition coefficient (Wildman–Crippen LogP) is 1.91. The molecule has 22 heavy (non-hydrogen) atoms. The van der Waals surface area contributed by atoms with Crippen molar-refractivity contribution in [3.8, 4) is 0 Å². The normalized spacial score (nSPS) is 15.5. The Morgan fingerprint density at radius 1 is 1.18 bits per heavy atom. The third-order valence-corrected chi connectivity index (χ3v) is 4.04. The van der Waals surface area contributed by atoms with E-state index in [1.807, 2.05) is 12.1 Å². The van der Waals surface area contributed by atoms with E-state index in [0.29, 0.717) is 25.1 Å². The summed E-state index contributed by atoms with van der Waals surface area (Å²) in [7, 11) is 0. The third kappa shape index (κ3) is 3.84. The summed E-state index contributed by atoms with van der Waals surface area (Å²) in [6.07, 6.45) is 1.99. The Balaban J connectivity index is 1.89. The molecule has 118 valence electrons. The molecule has 1 fully saturated rings. The first-order valence-electron chi connectivity index (χ1n) is 7.28. The quantitative estimate of drug-likeness (QED) is 0.748. The molecule has 0 spiro atoms. The van der Waals surface area contributed by atoms with E-state index < -0.39 is 11.4 Å². The van der Waals surface area contributed by atoms with Gasteiger partial charge in [0.05, 0.1) is 5.41 Å². The molecule has 3 N–H and O–H groups in total. The van der Waals surface area contributed by atoms with Gasteiger partial charge in [0, 0.05) is 25.6 Å². The van der Waals surface area contributed by atoms with Crippen LogP contribution in [0.15, 0.2) is 24.3 Å². The third-order valence-electron chi connectivity index (χ3n) is 4.04. The van der Waals surface area contributed by atoms with Crippen LogP contribution in [-0.4, -0.2) is 22.9 Å². The highest BCUT2D eigenvalue weighted by Gasteiger charge is 2.45. The molecule has 0 radical (unpaired) electrons. The second kappa shape index (κ2) is 6.60. The van der Waals surface area contributed by atoms with Gasteiger partial charge in [0.1, 0.15) is 0 Å². The zero-order valence-corrected chi connectivity index (χ0v) is 12.5. The molecule has 1 aliphatic rings. The van der Waals surface area contributed by atoms with Crippen molar-refractivity contribution in [2.24, 2.45) is 5.41 Å². The maximum Gasteiger partial charge on any atom is 0.310 e. The summed E-state index contributed by atoms with van der Waals surface area (Å²) in [5.74, 6) is -1.27. The van der Waals surface area contributed by atoms with Crippen LogP contribution in [0.1, 0.15) is 38.2 Å². The van der Waals surface area contributed by atoms with Crippen molar-refractivity contribution >= 4 is 23.5 Å². The number of amides is 2. The van der Waals surface area contributed by atoms with Crippen LogP contribution < -0.4 is 10.6 Å². The molecule has 2 rings (SSSR count). The van der Waals surface area contributed by atoms with Crippen molar-refractivity contribution in [3.05, 3.63) is 29.8 Å². The number of carbonyl (C=O) groups is 3. The molecule has 6 heteroatoms. The van der Waals surface area contributed by atoms with Crippen LogP contribution in [0.5, 0.6) is 0 Å². The maximum atomic E-state index is 12.0. The van der Waals surface area contributed by atoms with E-state index in [-0.39, 0.29) is 18.2 Å². The average Bonchev–Trinajstić information content (AvgIpc) is 2.41. The van der Waals surface area contributed by atoms with Gasteiger partial charge in [-0.1, -0.05) is 18.6 Å². The highest BCUT2D eigenvalue weighted by molar-refractivity contribution is 5.94. The van der Waals surface area contributed by atoms with Crippen molar-refractivity contribution in [1.29, 1.82) is 0 Å². The summed E-state index contributed by atoms with van der Waals surface area (Å²) in [6.45, 7) is 1.89. The van der Waals surface area contributed by atoms with Gasteiger partial charge in [0.15, 0.2) is 0 Å². The van der Waals surface area contributed by atoms with Crippen LogP contribution in [0.4, 0.5) is 5.69 Å². The topological polar surface area (TPSA) is 95.5 Å². The summed E-state index contributed by atoms with van der Waals surface area (Å²) in [6, 6.07) is 7.09. The Labute approximate surface area is 128 Å². The van der Waals surface area contributed by atoms with Crippen LogP contribution in [0.25, 0.3) is 0 Å². The highest BCUT2D eigenvalue weighted by Crippen LogP contribution is 2.44. The average molecular weight is 304 g/mol. The second-order valence-corrected chi connectivity index (χ2v) is 5.77. The Morgan fingerprint density at radius 3 is 2.27 bits per heavy atom. The largest absolute Gasteiger partial charge is 0.481 e. The fraction of sp³-hybridized carbons (Fsp3) is 0.438. The molecule has 0 heterocycles. The molecule has 0 atom stereocenters. The van der Waals surface area contributed by atoms with E-state index in [9.17, 15) is 19.5 Å². The fourth-order valence-corrected chi connectivity index (χ4v) is 2.51. The number of anilines is 1. The molecule has 0 aromatic heterocycles. The number of hydrogen-bond acceptors (Lipinski definition) is 3. The molecule has 0 aliphatic heterocycles. The van der Waals surface area contributed by atoms with Gasteiger partial charge < -0.3 is 15.7 Å². The molecule has 0 saturated heterocycles. The van der Waals surface area contributed by atoms with Crippen LogP contribution in [0, 0.1) is 5.41 Å². The van der Waals surface area contributed by atoms with Crippen molar-refractivity contribution < 1.29 is 19.5 Å². The number of aliphatic carboxylic acids is 1. The smallest absolute Gasteiger partial charge is 0.310 e. The number of carboxylic acids is 1. The second-order valence-electron chi connectivity index (χ2n) is 5.77. The lowest BCUT2D eigenvalue weighted by Crippen LogP contribution is -2.41. The van der Waals surface area contributed by atoms with Gasteiger partial charge in [-0.05, 0) is 30.5 Å². The zero-order chi connectivity index (χ0) is 16.2. The van der Waals surface area contributed by atoms with Gasteiger partial charge in [-0.3, -0.25) is 14.4 Å². The van der Waals surface area contributed by atoms with E-state index in [4.69, 9.17) is 0 Å². The summed E-state index contributed by atoms with van der Waals surface area (Å²) in [5.41, 5.74) is 0.667. The minimum absolute atomic E-state index is 0.00990. The monoisotopic (exact) mass is 304 g/mol.